The number of thiophene rings is 1. The average molecular weight is 639 g/mol. The van der Waals surface area contributed by atoms with Gasteiger partial charge in [0, 0.05) is 36.9 Å². The van der Waals surface area contributed by atoms with Crippen LogP contribution in [0.4, 0.5) is 11.6 Å². The van der Waals surface area contributed by atoms with Crippen LogP contribution in [0.1, 0.15) is 0 Å². The third kappa shape index (κ3) is 4.00. The molecule has 7 aromatic carbocycles. The van der Waals surface area contributed by atoms with Gasteiger partial charge in [0.25, 0.3) is 0 Å². The highest BCUT2D eigenvalue weighted by atomic mass is 32.2. The molecule has 216 valence electrons. The lowest BCUT2D eigenvalue weighted by Gasteiger charge is -2.32. The van der Waals surface area contributed by atoms with Crippen LogP contribution in [-0.4, -0.2) is 33.5 Å². The number of para-hydroxylation sites is 1. The molecule has 0 saturated carbocycles. The first-order valence-corrected chi connectivity index (χ1v) is 17.2. The molecule has 0 fully saturated rings. The SMILES string of the molecule is [B]c1cc([B])c(-c2nc(N3Sc4ccc5ccccc5c4-c4c3c3sc5ccccc5c3c3ccccc43)nc3ccccc23)c([B])c1. The van der Waals surface area contributed by atoms with Gasteiger partial charge in [-0.2, -0.15) is 0 Å². The van der Waals surface area contributed by atoms with Gasteiger partial charge >= 0.3 is 0 Å². The number of aromatic nitrogens is 2. The van der Waals surface area contributed by atoms with E-state index in [1.807, 2.05) is 35.6 Å². The number of hydrogen-bond acceptors (Lipinski definition) is 5. The van der Waals surface area contributed by atoms with Gasteiger partial charge in [-0.15, -0.1) is 11.3 Å². The van der Waals surface area contributed by atoms with Crippen LogP contribution in [0.5, 0.6) is 0 Å². The summed E-state index contributed by atoms with van der Waals surface area (Å²) >= 11 is 3.47. The molecule has 0 N–H and O–H groups in total. The van der Waals surface area contributed by atoms with Crippen molar-refractivity contribution in [2.45, 2.75) is 4.90 Å². The van der Waals surface area contributed by atoms with Gasteiger partial charge in [-0.1, -0.05) is 120 Å². The largest absolute Gasteiger partial charge is 0.246 e. The summed E-state index contributed by atoms with van der Waals surface area (Å²) in [6.45, 7) is 0. The second-order valence-electron chi connectivity index (χ2n) is 12.1. The smallest absolute Gasteiger partial charge is 0.241 e. The van der Waals surface area contributed by atoms with Crippen LogP contribution in [0.25, 0.3) is 75.0 Å². The predicted molar refractivity (Wildman–Crippen MR) is 209 cm³/mol. The summed E-state index contributed by atoms with van der Waals surface area (Å²) in [4.78, 5) is 11.7. The topological polar surface area (TPSA) is 29.0 Å². The molecule has 1 aliphatic heterocycles. The third-order valence-corrected chi connectivity index (χ3v) is 11.5. The van der Waals surface area contributed by atoms with Crippen molar-refractivity contribution in [2.24, 2.45) is 0 Å². The molecule has 3 heterocycles. The van der Waals surface area contributed by atoms with Crippen molar-refractivity contribution in [3.05, 3.63) is 121 Å². The fraction of sp³-hybridized carbons (Fsp3) is 0. The van der Waals surface area contributed by atoms with Gasteiger partial charge in [0.1, 0.15) is 23.5 Å². The second-order valence-corrected chi connectivity index (χ2v) is 14.1. The van der Waals surface area contributed by atoms with E-state index in [0.717, 1.165) is 21.5 Å². The number of hydrogen-bond donors (Lipinski definition) is 0. The fourth-order valence-electron chi connectivity index (χ4n) is 7.29. The van der Waals surface area contributed by atoms with Crippen molar-refractivity contribution in [3.8, 4) is 22.4 Å². The summed E-state index contributed by atoms with van der Waals surface area (Å²) in [7, 11) is 19.3. The summed E-state index contributed by atoms with van der Waals surface area (Å²) in [5.41, 5.74) is 7.08. The number of nitrogens with zero attached hydrogens (tertiary/aromatic N) is 3. The minimum atomic E-state index is 0.476. The Morgan fingerprint density at radius 3 is 2.04 bits per heavy atom. The summed E-state index contributed by atoms with van der Waals surface area (Å²) in [6.07, 6.45) is 0. The van der Waals surface area contributed by atoms with E-state index in [0.29, 0.717) is 33.6 Å². The van der Waals surface area contributed by atoms with Crippen LogP contribution in [0.3, 0.4) is 0 Å². The first-order valence-electron chi connectivity index (χ1n) is 15.6. The van der Waals surface area contributed by atoms with Crippen LogP contribution in [0.2, 0.25) is 0 Å². The molecule has 0 atom stereocenters. The Hall–Kier alpha value is -5.04. The zero-order chi connectivity index (χ0) is 32.1. The maximum Gasteiger partial charge on any atom is 0.241 e. The van der Waals surface area contributed by atoms with Crippen molar-refractivity contribution in [3.63, 3.8) is 0 Å². The van der Waals surface area contributed by atoms with Gasteiger partial charge in [0.15, 0.2) is 0 Å². The van der Waals surface area contributed by atoms with Gasteiger partial charge in [-0.3, -0.25) is 0 Å². The minimum Gasteiger partial charge on any atom is -0.246 e. The van der Waals surface area contributed by atoms with Crippen LogP contribution in [0, 0.1) is 0 Å². The highest BCUT2D eigenvalue weighted by Crippen LogP contribution is 2.59. The average Bonchev–Trinajstić information content (AvgIpc) is 3.50. The highest BCUT2D eigenvalue weighted by Gasteiger charge is 2.33. The van der Waals surface area contributed by atoms with E-state index in [-0.39, 0.29) is 0 Å². The minimum absolute atomic E-state index is 0.476. The van der Waals surface area contributed by atoms with Crippen molar-refractivity contribution < 1.29 is 0 Å². The molecule has 9 aromatic rings. The molecule has 0 bridgehead atoms. The zero-order valence-electron chi connectivity index (χ0n) is 25.4. The molecular formula is C40H20B3N3S2. The Bertz CT molecular complexity index is 2810. The standard InChI is InChI=1S/C40H20B3N3S2/c41-22-19-28(42)36(29(43)20-22)37-26-13-5-7-15-30(26)44-40(45-37)46-38-35(34-23-10-2-1-9-21(23)17-18-32(34)48-46)25-12-4-3-11-24(25)33-27-14-6-8-16-31(27)47-39(33)38/h1-20H. The maximum atomic E-state index is 6.61. The number of fused-ring (bicyclic) bond motifs is 13. The van der Waals surface area contributed by atoms with Crippen LogP contribution in [0.15, 0.2) is 126 Å². The molecule has 0 amide bonds. The van der Waals surface area contributed by atoms with Crippen LogP contribution in [-0.2, 0) is 0 Å². The van der Waals surface area contributed by atoms with Gasteiger partial charge < -0.3 is 0 Å². The van der Waals surface area contributed by atoms with E-state index in [1.54, 1.807) is 24.1 Å². The number of rotatable bonds is 2. The normalized spacial score (nSPS) is 12.7. The molecule has 8 heteroatoms. The monoisotopic (exact) mass is 639 g/mol. The molecule has 1 aliphatic rings. The Balaban J connectivity index is 1.37. The molecule has 0 saturated heterocycles. The molecular weight excluding hydrogens is 619 g/mol. The molecule has 0 aliphatic carbocycles. The van der Waals surface area contributed by atoms with Crippen LogP contribution < -0.4 is 20.7 Å². The zero-order valence-corrected chi connectivity index (χ0v) is 27.1. The molecule has 48 heavy (non-hydrogen) atoms. The lowest BCUT2D eigenvalue weighted by molar-refractivity contribution is 1.17. The van der Waals surface area contributed by atoms with E-state index in [2.05, 4.69) is 89.2 Å². The second kappa shape index (κ2) is 10.5. The van der Waals surface area contributed by atoms with Crippen molar-refractivity contribution in [2.75, 3.05) is 4.31 Å². The van der Waals surface area contributed by atoms with Crippen LogP contribution >= 0.6 is 23.3 Å². The van der Waals surface area contributed by atoms with Gasteiger partial charge in [-0.05, 0) is 57.3 Å². The van der Waals surface area contributed by atoms with E-state index < -0.39 is 0 Å². The van der Waals surface area contributed by atoms with E-state index >= 15 is 0 Å². The lowest BCUT2D eigenvalue weighted by Crippen LogP contribution is -2.27. The maximum absolute atomic E-state index is 6.61. The van der Waals surface area contributed by atoms with E-state index in [9.17, 15) is 0 Å². The third-order valence-electron chi connectivity index (χ3n) is 9.28. The summed E-state index contributed by atoms with van der Waals surface area (Å²) in [5, 5.41) is 8.20. The quantitative estimate of drug-likeness (QED) is 0.141. The molecule has 0 spiro atoms. The summed E-state index contributed by atoms with van der Waals surface area (Å²) in [6, 6.07) is 42.0. The van der Waals surface area contributed by atoms with Crippen molar-refractivity contribution in [1.82, 2.24) is 9.97 Å². The van der Waals surface area contributed by atoms with Gasteiger partial charge in [0.2, 0.25) is 5.95 Å². The predicted octanol–water partition coefficient (Wildman–Crippen LogP) is 8.18. The Morgan fingerprint density at radius 1 is 0.562 bits per heavy atom. The Labute approximate surface area is 289 Å². The molecule has 3 nitrogen and oxygen atoms in total. The lowest BCUT2D eigenvalue weighted by atomic mass is 9.75. The fourth-order valence-corrected chi connectivity index (χ4v) is 9.67. The van der Waals surface area contributed by atoms with Crippen molar-refractivity contribution in [1.29, 1.82) is 0 Å². The number of benzene rings is 7. The van der Waals surface area contributed by atoms with Gasteiger partial charge in [0.05, 0.1) is 21.6 Å². The summed E-state index contributed by atoms with van der Waals surface area (Å²) in [5.74, 6) is 0.554. The highest BCUT2D eigenvalue weighted by molar-refractivity contribution is 8.01. The molecule has 10 rings (SSSR count). The van der Waals surface area contributed by atoms with Gasteiger partial charge in [-0.25, -0.2) is 14.3 Å². The first kappa shape index (κ1) is 28.0. The van der Waals surface area contributed by atoms with E-state index in [4.69, 9.17) is 33.5 Å². The summed E-state index contributed by atoms with van der Waals surface area (Å²) < 4.78 is 4.65. The Morgan fingerprint density at radius 2 is 1.23 bits per heavy atom. The molecule has 6 radical (unpaired) electrons. The molecule has 2 aromatic heterocycles. The molecule has 0 unspecified atom stereocenters. The van der Waals surface area contributed by atoms with E-state index in [1.165, 1.54) is 52.8 Å². The van der Waals surface area contributed by atoms with Crippen molar-refractivity contribution >= 4 is 127 Å². The number of anilines is 2. The Kier molecular flexibility index (Phi) is 6.12. The first-order chi connectivity index (χ1) is 23.5.